The molecule has 1 saturated heterocycles. The first-order valence-corrected chi connectivity index (χ1v) is 7.44. The maximum Gasteiger partial charge on any atom is 0.0349 e. The number of nitrogens with one attached hydrogen (secondary N) is 1. The van der Waals surface area contributed by atoms with E-state index in [0.29, 0.717) is 0 Å². The summed E-state index contributed by atoms with van der Waals surface area (Å²) in [5, 5.41) is 3.44. The molecule has 2 fully saturated rings. The van der Waals surface area contributed by atoms with E-state index >= 15 is 0 Å². The minimum Gasteiger partial charge on any atom is -0.398 e. The Morgan fingerprint density at radius 1 is 0.944 bits per heavy atom. The van der Waals surface area contributed by atoms with E-state index in [0.717, 1.165) is 30.6 Å². The van der Waals surface area contributed by atoms with Gasteiger partial charge in [-0.05, 0) is 67.8 Å². The number of anilines is 1. The summed E-state index contributed by atoms with van der Waals surface area (Å²) in [6, 6.07) is 6.82. The van der Waals surface area contributed by atoms with Gasteiger partial charge in [-0.1, -0.05) is 25.0 Å². The number of hydrogen-bond acceptors (Lipinski definition) is 2. The minimum absolute atomic E-state index is 0.728. The van der Waals surface area contributed by atoms with Crippen molar-refractivity contribution in [2.75, 3.05) is 18.8 Å². The van der Waals surface area contributed by atoms with Gasteiger partial charge in [0.15, 0.2) is 0 Å². The van der Waals surface area contributed by atoms with Gasteiger partial charge in [-0.2, -0.15) is 0 Å². The normalized spacial score (nSPS) is 22.4. The summed E-state index contributed by atoms with van der Waals surface area (Å²) >= 11 is 0. The molecule has 0 atom stereocenters. The van der Waals surface area contributed by atoms with Gasteiger partial charge in [-0.3, -0.25) is 0 Å². The fourth-order valence-electron chi connectivity index (χ4n) is 3.59. The highest BCUT2D eigenvalue weighted by Gasteiger charge is 2.21. The van der Waals surface area contributed by atoms with Crippen molar-refractivity contribution in [2.45, 2.75) is 50.4 Å². The van der Waals surface area contributed by atoms with Gasteiger partial charge >= 0.3 is 0 Å². The summed E-state index contributed by atoms with van der Waals surface area (Å²) in [6.45, 7) is 2.32. The lowest BCUT2D eigenvalue weighted by atomic mass is 9.86. The van der Waals surface area contributed by atoms with E-state index in [4.69, 9.17) is 5.73 Å². The predicted molar refractivity (Wildman–Crippen MR) is 76.9 cm³/mol. The van der Waals surface area contributed by atoms with Crippen molar-refractivity contribution in [3.63, 3.8) is 0 Å². The zero-order valence-corrected chi connectivity index (χ0v) is 11.1. The van der Waals surface area contributed by atoms with Crippen LogP contribution < -0.4 is 11.1 Å². The molecule has 0 amide bonds. The number of hydrogen-bond donors (Lipinski definition) is 2. The summed E-state index contributed by atoms with van der Waals surface area (Å²) in [6.07, 6.45) is 7.96. The lowest BCUT2D eigenvalue weighted by Gasteiger charge is -2.24. The van der Waals surface area contributed by atoms with Gasteiger partial charge < -0.3 is 11.1 Å². The minimum atomic E-state index is 0.728. The zero-order valence-electron chi connectivity index (χ0n) is 11.1. The zero-order chi connectivity index (χ0) is 12.4. The van der Waals surface area contributed by atoms with E-state index in [1.165, 1.54) is 49.7 Å². The molecule has 0 aromatic heterocycles. The van der Waals surface area contributed by atoms with Crippen molar-refractivity contribution in [2.24, 2.45) is 0 Å². The van der Waals surface area contributed by atoms with Crippen LogP contribution in [0.5, 0.6) is 0 Å². The summed E-state index contributed by atoms with van der Waals surface area (Å²) < 4.78 is 0. The highest BCUT2D eigenvalue weighted by atomic mass is 14.9. The molecule has 2 nitrogen and oxygen atoms in total. The van der Waals surface area contributed by atoms with E-state index in [9.17, 15) is 0 Å². The molecule has 98 valence electrons. The Hall–Kier alpha value is -1.02. The molecular formula is C16H24N2. The quantitative estimate of drug-likeness (QED) is 0.783. The third-order valence-electron chi connectivity index (χ3n) is 4.72. The van der Waals surface area contributed by atoms with Crippen LogP contribution in [-0.4, -0.2) is 13.1 Å². The Labute approximate surface area is 110 Å². The van der Waals surface area contributed by atoms with E-state index in [-0.39, 0.29) is 0 Å². The molecule has 0 unspecified atom stereocenters. The highest BCUT2D eigenvalue weighted by molar-refractivity contribution is 5.51. The van der Waals surface area contributed by atoms with E-state index in [1.807, 2.05) is 0 Å². The Bertz CT molecular complexity index is 402. The van der Waals surface area contributed by atoms with Crippen LogP contribution in [0.1, 0.15) is 61.5 Å². The van der Waals surface area contributed by atoms with Crippen LogP contribution in [0.3, 0.4) is 0 Å². The van der Waals surface area contributed by atoms with Crippen molar-refractivity contribution >= 4 is 5.69 Å². The van der Waals surface area contributed by atoms with Gasteiger partial charge in [0.2, 0.25) is 0 Å². The van der Waals surface area contributed by atoms with Crippen LogP contribution in [0.15, 0.2) is 18.2 Å². The Kier molecular flexibility index (Phi) is 3.55. The lowest BCUT2D eigenvalue weighted by molar-refractivity contribution is 0.460. The van der Waals surface area contributed by atoms with Crippen LogP contribution >= 0.6 is 0 Å². The average Bonchev–Trinajstić information content (AvgIpc) is 2.94. The predicted octanol–water partition coefficient (Wildman–Crippen LogP) is 3.39. The molecule has 2 heteroatoms. The molecule has 2 aliphatic rings. The molecule has 0 spiro atoms. The maximum atomic E-state index is 6.19. The van der Waals surface area contributed by atoms with Crippen molar-refractivity contribution in [3.05, 3.63) is 29.3 Å². The lowest BCUT2D eigenvalue weighted by Crippen LogP contribution is -2.26. The molecule has 1 aromatic carbocycles. The van der Waals surface area contributed by atoms with Crippen molar-refractivity contribution in [3.8, 4) is 0 Å². The molecular weight excluding hydrogens is 220 g/mol. The molecule has 3 N–H and O–H groups in total. The van der Waals surface area contributed by atoms with Crippen LogP contribution in [0.2, 0.25) is 0 Å². The fraction of sp³-hybridized carbons (Fsp3) is 0.625. The van der Waals surface area contributed by atoms with Gasteiger partial charge in [-0.15, -0.1) is 0 Å². The molecule has 0 radical (unpaired) electrons. The van der Waals surface area contributed by atoms with Gasteiger partial charge in [0.1, 0.15) is 0 Å². The second kappa shape index (κ2) is 5.31. The molecule has 1 heterocycles. The molecule has 1 aliphatic carbocycles. The maximum absolute atomic E-state index is 6.19. The van der Waals surface area contributed by atoms with E-state index < -0.39 is 0 Å². The van der Waals surface area contributed by atoms with Crippen molar-refractivity contribution < 1.29 is 0 Å². The Balaban J connectivity index is 1.84. The van der Waals surface area contributed by atoms with E-state index in [2.05, 4.69) is 23.5 Å². The standard InChI is InChI=1S/C16H24N2/c17-16-6-5-14(12-7-9-18-10-8-12)11-15(16)13-3-1-2-4-13/h5-6,11-13,18H,1-4,7-10,17H2. The second-order valence-corrected chi connectivity index (χ2v) is 5.89. The first-order valence-electron chi connectivity index (χ1n) is 7.44. The number of benzene rings is 1. The fourth-order valence-corrected chi connectivity index (χ4v) is 3.59. The molecule has 1 aliphatic heterocycles. The summed E-state index contributed by atoms with van der Waals surface area (Å²) in [5.74, 6) is 1.47. The molecule has 0 bridgehead atoms. The summed E-state index contributed by atoms with van der Waals surface area (Å²) in [5.41, 5.74) is 10.2. The van der Waals surface area contributed by atoms with Crippen LogP contribution in [0.4, 0.5) is 5.69 Å². The summed E-state index contributed by atoms with van der Waals surface area (Å²) in [7, 11) is 0. The summed E-state index contributed by atoms with van der Waals surface area (Å²) in [4.78, 5) is 0. The SMILES string of the molecule is Nc1ccc(C2CCNCC2)cc1C1CCCC1. The Morgan fingerprint density at radius 2 is 1.67 bits per heavy atom. The molecule has 1 aromatic rings. The second-order valence-electron chi connectivity index (χ2n) is 5.89. The van der Waals surface area contributed by atoms with Crippen LogP contribution in [-0.2, 0) is 0 Å². The first kappa shape index (κ1) is 12.0. The highest BCUT2D eigenvalue weighted by Crippen LogP contribution is 2.38. The molecule has 1 saturated carbocycles. The monoisotopic (exact) mass is 244 g/mol. The number of nitrogens with two attached hydrogens (primary N) is 1. The topological polar surface area (TPSA) is 38.0 Å². The third kappa shape index (κ3) is 2.39. The number of rotatable bonds is 2. The average molecular weight is 244 g/mol. The molecule has 3 rings (SSSR count). The number of nitrogen functional groups attached to an aromatic ring is 1. The number of piperidine rings is 1. The van der Waals surface area contributed by atoms with Crippen LogP contribution in [0, 0.1) is 0 Å². The van der Waals surface area contributed by atoms with Gasteiger partial charge in [0.25, 0.3) is 0 Å². The first-order chi connectivity index (χ1) is 8.84. The third-order valence-corrected chi connectivity index (χ3v) is 4.72. The van der Waals surface area contributed by atoms with Crippen molar-refractivity contribution in [1.29, 1.82) is 0 Å². The van der Waals surface area contributed by atoms with Gasteiger partial charge in [-0.25, -0.2) is 0 Å². The van der Waals surface area contributed by atoms with Gasteiger partial charge in [0.05, 0.1) is 0 Å². The molecule has 18 heavy (non-hydrogen) atoms. The van der Waals surface area contributed by atoms with Crippen molar-refractivity contribution in [1.82, 2.24) is 5.32 Å². The smallest absolute Gasteiger partial charge is 0.0349 e. The largest absolute Gasteiger partial charge is 0.398 e. The Morgan fingerprint density at radius 3 is 2.39 bits per heavy atom. The van der Waals surface area contributed by atoms with Gasteiger partial charge in [0, 0.05) is 5.69 Å². The van der Waals surface area contributed by atoms with E-state index in [1.54, 1.807) is 0 Å². The van der Waals surface area contributed by atoms with Crippen LogP contribution in [0.25, 0.3) is 0 Å².